The smallest absolute Gasteiger partial charge is 0.0786 e. The number of hydrogen-bond donors (Lipinski definition) is 3. The number of fused-ring (bicyclic) bond motifs is 6. The zero-order valence-electron chi connectivity index (χ0n) is 25.2. The van der Waals surface area contributed by atoms with Gasteiger partial charge in [0.1, 0.15) is 0 Å². The lowest BCUT2D eigenvalue weighted by molar-refractivity contribution is 0.956. The average molecular weight is 593 g/mol. The minimum Gasteiger partial charge on any atom is -0.387 e. The van der Waals surface area contributed by atoms with Crippen molar-refractivity contribution < 1.29 is 0 Å². The highest BCUT2D eigenvalue weighted by atomic mass is 15.0. The lowest BCUT2D eigenvalue weighted by atomic mass is 9.90. The first-order chi connectivity index (χ1) is 22.8. The summed E-state index contributed by atoms with van der Waals surface area (Å²) in [6.45, 7) is 0.798. The van der Waals surface area contributed by atoms with Crippen LogP contribution in [-0.4, -0.2) is 11.5 Å². The number of allylic oxidation sites excluding steroid dienone is 2. The molecule has 0 amide bonds. The summed E-state index contributed by atoms with van der Waals surface area (Å²) in [7, 11) is 0. The Labute approximate surface area is 268 Å². The molecule has 3 aliphatic rings. The van der Waals surface area contributed by atoms with Gasteiger partial charge in [-0.25, -0.2) is 4.98 Å². The summed E-state index contributed by atoms with van der Waals surface area (Å²) >= 11 is 0. The molecule has 0 aliphatic carbocycles. The van der Waals surface area contributed by atoms with Gasteiger partial charge in [0.15, 0.2) is 0 Å². The molecule has 0 bridgehead atoms. The molecule has 6 aromatic rings. The molecule has 4 heteroatoms. The van der Waals surface area contributed by atoms with Crippen LogP contribution < -0.4 is 16.0 Å². The van der Waals surface area contributed by atoms with Crippen LogP contribution in [-0.2, 0) is 0 Å². The first-order valence-corrected chi connectivity index (χ1v) is 15.9. The van der Waals surface area contributed by atoms with Crippen molar-refractivity contribution >= 4 is 50.8 Å². The number of nitrogens with one attached hydrogen (secondary N) is 3. The van der Waals surface area contributed by atoms with Crippen LogP contribution in [0.25, 0.3) is 50.5 Å². The number of pyridine rings is 1. The zero-order valence-corrected chi connectivity index (χ0v) is 25.2. The summed E-state index contributed by atoms with van der Waals surface area (Å²) in [5, 5.41) is 14.6. The molecule has 3 aliphatic heterocycles. The molecule has 220 valence electrons. The van der Waals surface area contributed by atoms with Crippen LogP contribution in [0.15, 0.2) is 140 Å². The van der Waals surface area contributed by atoms with Gasteiger partial charge in [-0.1, -0.05) is 127 Å². The molecular weight excluding hydrogens is 560 g/mol. The number of benzene rings is 5. The highest BCUT2D eigenvalue weighted by Crippen LogP contribution is 2.43. The predicted molar refractivity (Wildman–Crippen MR) is 193 cm³/mol. The second kappa shape index (κ2) is 10.9. The predicted octanol–water partition coefficient (Wildman–Crippen LogP) is 9.92. The van der Waals surface area contributed by atoms with Crippen molar-refractivity contribution in [3.8, 4) is 11.1 Å². The lowest BCUT2D eigenvalue weighted by Gasteiger charge is -2.30. The van der Waals surface area contributed by atoms with Gasteiger partial charge >= 0.3 is 0 Å². The largest absolute Gasteiger partial charge is 0.387 e. The van der Waals surface area contributed by atoms with Crippen molar-refractivity contribution in [2.24, 2.45) is 0 Å². The summed E-state index contributed by atoms with van der Waals surface area (Å²) in [6.07, 6.45) is 15.4. The molecule has 4 heterocycles. The number of dihydropyridines is 1. The fourth-order valence-corrected chi connectivity index (χ4v) is 7.05. The van der Waals surface area contributed by atoms with E-state index >= 15 is 0 Å². The van der Waals surface area contributed by atoms with Crippen LogP contribution in [0.1, 0.15) is 40.0 Å². The molecule has 0 spiro atoms. The van der Waals surface area contributed by atoms with Gasteiger partial charge in [-0.05, 0) is 63.4 Å². The number of nitrogens with zero attached hydrogens (tertiary/aromatic N) is 1. The van der Waals surface area contributed by atoms with Gasteiger partial charge in [0.25, 0.3) is 0 Å². The topological polar surface area (TPSA) is 49.0 Å². The van der Waals surface area contributed by atoms with E-state index in [1.165, 1.54) is 44.2 Å². The summed E-state index contributed by atoms with van der Waals surface area (Å²) in [6, 6.07) is 39.3. The molecular formula is C42H32N4. The lowest BCUT2D eigenvalue weighted by Crippen LogP contribution is -2.18. The number of hydrogen-bond acceptors (Lipinski definition) is 4. The molecule has 0 radical (unpaired) electrons. The fraction of sp³-hybridized carbons (Fsp3) is 0.0714. The Morgan fingerprint density at radius 3 is 2.04 bits per heavy atom. The quantitative estimate of drug-likeness (QED) is 0.178. The Morgan fingerprint density at radius 2 is 1.33 bits per heavy atom. The highest BCUT2D eigenvalue weighted by Gasteiger charge is 2.24. The molecule has 2 atom stereocenters. The summed E-state index contributed by atoms with van der Waals surface area (Å²) < 4.78 is 0. The van der Waals surface area contributed by atoms with Crippen LogP contribution in [0.4, 0.5) is 11.4 Å². The van der Waals surface area contributed by atoms with Crippen LogP contribution >= 0.6 is 0 Å². The molecule has 46 heavy (non-hydrogen) atoms. The van der Waals surface area contributed by atoms with Gasteiger partial charge < -0.3 is 16.0 Å². The van der Waals surface area contributed by atoms with E-state index in [-0.39, 0.29) is 12.1 Å². The SMILES string of the molecule is C1=CC(c2nc3ccc(C4C=Cc5ccc6c(c5N4)NC(c4ccccc4)C=C6)cc3c3c(-c4ccccc4)cccc23)=CCN1. The van der Waals surface area contributed by atoms with Crippen LogP contribution in [0.2, 0.25) is 0 Å². The van der Waals surface area contributed by atoms with Gasteiger partial charge in [0, 0.05) is 22.7 Å². The first-order valence-electron chi connectivity index (χ1n) is 15.9. The van der Waals surface area contributed by atoms with Crippen molar-refractivity contribution in [1.82, 2.24) is 10.3 Å². The van der Waals surface area contributed by atoms with Crippen molar-refractivity contribution in [2.75, 3.05) is 17.2 Å². The van der Waals surface area contributed by atoms with E-state index in [9.17, 15) is 0 Å². The van der Waals surface area contributed by atoms with Crippen LogP contribution in [0, 0.1) is 0 Å². The fourth-order valence-electron chi connectivity index (χ4n) is 7.05. The highest BCUT2D eigenvalue weighted by molar-refractivity contribution is 6.16. The average Bonchev–Trinajstić information content (AvgIpc) is 3.14. The van der Waals surface area contributed by atoms with E-state index in [0.29, 0.717) is 0 Å². The van der Waals surface area contributed by atoms with E-state index in [2.05, 4.69) is 162 Å². The van der Waals surface area contributed by atoms with Gasteiger partial charge in [-0.15, -0.1) is 0 Å². The monoisotopic (exact) mass is 592 g/mol. The van der Waals surface area contributed by atoms with E-state index in [4.69, 9.17) is 4.98 Å². The maximum atomic E-state index is 5.28. The van der Waals surface area contributed by atoms with Crippen molar-refractivity contribution in [1.29, 1.82) is 0 Å². The minimum atomic E-state index is 0.0138. The summed E-state index contributed by atoms with van der Waals surface area (Å²) in [4.78, 5) is 5.28. The van der Waals surface area contributed by atoms with Gasteiger partial charge in [-0.3, -0.25) is 0 Å². The molecule has 9 rings (SSSR count). The second-order valence-electron chi connectivity index (χ2n) is 12.1. The van der Waals surface area contributed by atoms with Crippen molar-refractivity contribution in [3.63, 3.8) is 0 Å². The Balaban J connectivity index is 1.17. The molecule has 2 unspecified atom stereocenters. The molecule has 0 saturated heterocycles. The summed E-state index contributed by atoms with van der Waals surface area (Å²) in [5.41, 5.74) is 12.7. The van der Waals surface area contributed by atoms with Gasteiger partial charge in [0.2, 0.25) is 0 Å². The van der Waals surface area contributed by atoms with E-state index in [0.717, 1.165) is 40.1 Å². The zero-order chi connectivity index (χ0) is 30.5. The molecule has 4 nitrogen and oxygen atoms in total. The number of rotatable bonds is 4. The number of anilines is 2. The molecule has 5 aromatic carbocycles. The maximum Gasteiger partial charge on any atom is 0.0786 e. The van der Waals surface area contributed by atoms with E-state index in [1.54, 1.807) is 0 Å². The molecule has 1 aromatic heterocycles. The van der Waals surface area contributed by atoms with Crippen LogP contribution in [0.5, 0.6) is 0 Å². The Bertz CT molecular complexity index is 2260. The van der Waals surface area contributed by atoms with Crippen molar-refractivity contribution in [3.05, 3.63) is 168 Å². The van der Waals surface area contributed by atoms with Gasteiger partial charge in [0.05, 0.1) is 34.7 Å². The third-order valence-corrected chi connectivity index (χ3v) is 9.34. The second-order valence-corrected chi connectivity index (χ2v) is 12.1. The standard InChI is InChI=1S/C42H32N4/c1-3-8-27(9-4-1)33-12-7-13-34-39(33)35-26-32(18-21-38(35)46-40(34)31-22-24-43-25-23-31)37-20-17-30-15-14-29-16-19-36(28-10-5-2-6-11-28)44-41(29)42(30)45-37/h1-24,26,36-37,43-45H,25H2. The third kappa shape index (κ3) is 4.50. The molecule has 0 fully saturated rings. The Morgan fingerprint density at radius 1 is 0.609 bits per heavy atom. The van der Waals surface area contributed by atoms with E-state index in [1.807, 2.05) is 6.20 Å². The number of aromatic nitrogens is 1. The Kier molecular flexibility index (Phi) is 6.31. The molecule has 3 N–H and O–H groups in total. The van der Waals surface area contributed by atoms with Gasteiger partial charge in [-0.2, -0.15) is 0 Å². The first kappa shape index (κ1) is 26.5. The van der Waals surface area contributed by atoms with Crippen molar-refractivity contribution in [2.45, 2.75) is 12.1 Å². The normalized spacial score (nSPS) is 17.9. The maximum absolute atomic E-state index is 5.28. The van der Waals surface area contributed by atoms with E-state index < -0.39 is 0 Å². The minimum absolute atomic E-state index is 0.0138. The van der Waals surface area contributed by atoms with Crippen LogP contribution in [0.3, 0.4) is 0 Å². The molecule has 0 saturated carbocycles. The third-order valence-electron chi connectivity index (χ3n) is 9.34. The summed E-state index contributed by atoms with van der Waals surface area (Å²) in [5.74, 6) is 0. The Hall–Kier alpha value is -5.87.